The molecule has 0 aromatic carbocycles. The molecular weight excluding hydrogens is 242 g/mol. The van der Waals surface area contributed by atoms with E-state index in [1.165, 1.54) is 0 Å². The van der Waals surface area contributed by atoms with Crippen LogP contribution in [0, 0.1) is 10.8 Å². The number of ether oxygens (including phenoxy) is 1. The van der Waals surface area contributed by atoms with Gasteiger partial charge in [-0.25, -0.2) is 0 Å². The number of hydrogen-bond acceptors (Lipinski definition) is 5. The maximum atomic E-state index is 6.13. The molecule has 110 valence electrons. The molecule has 2 atom stereocenters. The summed E-state index contributed by atoms with van der Waals surface area (Å²) in [6, 6.07) is -0.281. The standard InChI is InChI=1S/C14H27N3O2/c1-8-18-10(14(5,6)7)11-16-12(19-17-11)9(15)13(2,3)4/h9-10H,8,15H2,1-7H3/t9-,10?/m1/s1. The third kappa shape index (κ3) is 4.01. The molecule has 0 fully saturated rings. The summed E-state index contributed by atoms with van der Waals surface area (Å²) in [6.45, 7) is 15.0. The van der Waals surface area contributed by atoms with Crippen LogP contribution in [0.5, 0.6) is 0 Å². The van der Waals surface area contributed by atoms with Crippen molar-refractivity contribution in [3.05, 3.63) is 11.7 Å². The Bertz CT molecular complexity index is 402. The second-order valence-corrected chi connectivity index (χ2v) is 7.04. The molecule has 0 amide bonds. The first-order chi connectivity index (χ1) is 8.57. The van der Waals surface area contributed by atoms with E-state index in [1.807, 2.05) is 27.7 Å². The first-order valence-electron chi connectivity index (χ1n) is 6.78. The van der Waals surface area contributed by atoms with Crippen LogP contribution >= 0.6 is 0 Å². The summed E-state index contributed by atoms with van der Waals surface area (Å²) in [5, 5.41) is 4.05. The van der Waals surface area contributed by atoms with Crippen molar-refractivity contribution in [2.24, 2.45) is 16.6 Å². The lowest BCUT2D eigenvalue weighted by Gasteiger charge is -2.27. The van der Waals surface area contributed by atoms with E-state index in [0.717, 1.165) is 0 Å². The van der Waals surface area contributed by atoms with Crippen molar-refractivity contribution in [2.45, 2.75) is 60.6 Å². The Kier molecular flexibility index (Phi) is 4.74. The fourth-order valence-electron chi connectivity index (χ4n) is 1.73. The maximum Gasteiger partial charge on any atom is 0.244 e. The molecule has 5 heteroatoms. The summed E-state index contributed by atoms with van der Waals surface area (Å²) in [7, 11) is 0. The van der Waals surface area contributed by atoms with Crippen molar-refractivity contribution in [3.8, 4) is 0 Å². The minimum atomic E-state index is -0.281. The van der Waals surface area contributed by atoms with Crippen LogP contribution in [0.2, 0.25) is 0 Å². The maximum absolute atomic E-state index is 6.13. The SMILES string of the molecule is CCOC(c1noc([C@@H](N)C(C)(C)C)n1)C(C)(C)C. The van der Waals surface area contributed by atoms with Gasteiger partial charge in [0, 0.05) is 6.61 Å². The van der Waals surface area contributed by atoms with Gasteiger partial charge in [-0.15, -0.1) is 0 Å². The number of nitrogens with two attached hydrogens (primary N) is 1. The molecule has 0 radical (unpaired) electrons. The highest BCUT2D eigenvalue weighted by molar-refractivity contribution is 5.01. The number of hydrogen-bond donors (Lipinski definition) is 1. The molecule has 1 heterocycles. The molecule has 0 saturated heterocycles. The van der Waals surface area contributed by atoms with Crippen LogP contribution in [0.4, 0.5) is 0 Å². The summed E-state index contributed by atoms with van der Waals surface area (Å²) >= 11 is 0. The molecule has 5 nitrogen and oxygen atoms in total. The third-order valence-electron chi connectivity index (χ3n) is 3.01. The molecule has 19 heavy (non-hydrogen) atoms. The van der Waals surface area contributed by atoms with Crippen molar-refractivity contribution in [3.63, 3.8) is 0 Å². The molecule has 0 bridgehead atoms. The highest BCUT2D eigenvalue weighted by Gasteiger charge is 2.33. The van der Waals surface area contributed by atoms with E-state index >= 15 is 0 Å². The first kappa shape index (κ1) is 16.1. The Labute approximate surface area is 115 Å². The Hall–Kier alpha value is -0.940. The average molecular weight is 269 g/mol. The fourth-order valence-corrected chi connectivity index (χ4v) is 1.73. The van der Waals surface area contributed by atoms with Gasteiger partial charge in [0.1, 0.15) is 6.10 Å². The van der Waals surface area contributed by atoms with Gasteiger partial charge in [-0.3, -0.25) is 0 Å². The lowest BCUT2D eigenvalue weighted by Crippen LogP contribution is -2.27. The van der Waals surface area contributed by atoms with Crippen LogP contribution in [-0.4, -0.2) is 16.7 Å². The van der Waals surface area contributed by atoms with Gasteiger partial charge in [0.05, 0.1) is 6.04 Å². The van der Waals surface area contributed by atoms with Crippen LogP contribution in [0.3, 0.4) is 0 Å². The van der Waals surface area contributed by atoms with Gasteiger partial charge in [-0.05, 0) is 17.8 Å². The second-order valence-electron chi connectivity index (χ2n) is 7.04. The largest absolute Gasteiger partial charge is 0.370 e. The highest BCUT2D eigenvalue weighted by Crippen LogP contribution is 2.36. The predicted octanol–water partition coefficient (Wildman–Crippen LogP) is 3.24. The van der Waals surface area contributed by atoms with E-state index in [4.69, 9.17) is 15.0 Å². The highest BCUT2D eigenvalue weighted by atomic mass is 16.5. The Morgan fingerprint density at radius 2 is 1.74 bits per heavy atom. The van der Waals surface area contributed by atoms with E-state index in [-0.39, 0.29) is 23.0 Å². The van der Waals surface area contributed by atoms with Crippen molar-refractivity contribution >= 4 is 0 Å². The summed E-state index contributed by atoms with van der Waals surface area (Å²) in [5.74, 6) is 1.04. The first-order valence-corrected chi connectivity index (χ1v) is 6.78. The van der Waals surface area contributed by atoms with E-state index < -0.39 is 0 Å². The smallest absolute Gasteiger partial charge is 0.244 e. The zero-order chi connectivity index (χ0) is 14.8. The molecule has 0 aliphatic rings. The summed E-state index contributed by atoms with van der Waals surface area (Å²) in [5.41, 5.74) is 5.92. The Balaban J connectivity index is 3.00. The molecule has 1 rings (SSSR count). The van der Waals surface area contributed by atoms with Gasteiger partial charge in [-0.1, -0.05) is 46.7 Å². The van der Waals surface area contributed by atoms with Crippen molar-refractivity contribution in [2.75, 3.05) is 6.61 Å². The summed E-state index contributed by atoms with van der Waals surface area (Å²) in [6.07, 6.45) is -0.192. The van der Waals surface area contributed by atoms with Gasteiger partial charge in [0.15, 0.2) is 0 Å². The van der Waals surface area contributed by atoms with E-state index in [1.54, 1.807) is 0 Å². The summed E-state index contributed by atoms with van der Waals surface area (Å²) < 4.78 is 11.1. The number of aromatic nitrogens is 2. The number of nitrogens with zero attached hydrogens (tertiary/aromatic N) is 2. The van der Waals surface area contributed by atoms with Crippen LogP contribution < -0.4 is 5.73 Å². The lowest BCUT2D eigenvalue weighted by atomic mass is 9.87. The molecule has 0 spiro atoms. The molecule has 1 aromatic rings. The minimum absolute atomic E-state index is 0.0943. The fraction of sp³-hybridized carbons (Fsp3) is 0.857. The van der Waals surface area contributed by atoms with Crippen molar-refractivity contribution in [1.82, 2.24) is 10.1 Å². The molecule has 1 unspecified atom stereocenters. The average Bonchev–Trinajstić information content (AvgIpc) is 2.70. The number of rotatable bonds is 4. The van der Waals surface area contributed by atoms with Crippen LogP contribution in [0.1, 0.15) is 72.3 Å². The Morgan fingerprint density at radius 3 is 2.16 bits per heavy atom. The Morgan fingerprint density at radius 1 is 1.16 bits per heavy atom. The van der Waals surface area contributed by atoms with Gasteiger partial charge < -0.3 is 15.0 Å². The molecule has 2 N–H and O–H groups in total. The van der Waals surface area contributed by atoms with Crippen molar-refractivity contribution < 1.29 is 9.26 Å². The lowest BCUT2D eigenvalue weighted by molar-refractivity contribution is -0.0203. The van der Waals surface area contributed by atoms with Gasteiger partial charge in [-0.2, -0.15) is 4.98 Å². The summed E-state index contributed by atoms with van der Waals surface area (Å²) in [4.78, 5) is 4.43. The van der Waals surface area contributed by atoms with E-state index in [0.29, 0.717) is 18.3 Å². The normalized spacial score (nSPS) is 16.4. The van der Waals surface area contributed by atoms with Crippen LogP contribution in [-0.2, 0) is 4.74 Å². The topological polar surface area (TPSA) is 74.2 Å². The third-order valence-corrected chi connectivity index (χ3v) is 3.01. The molecule has 1 aromatic heterocycles. The van der Waals surface area contributed by atoms with Crippen LogP contribution in [0.25, 0.3) is 0 Å². The second kappa shape index (κ2) is 5.59. The zero-order valence-electron chi connectivity index (χ0n) is 13.2. The van der Waals surface area contributed by atoms with Gasteiger partial charge >= 0.3 is 0 Å². The minimum Gasteiger partial charge on any atom is -0.370 e. The monoisotopic (exact) mass is 269 g/mol. The predicted molar refractivity (Wildman–Crippen MR) is 74.5 cm³/mol. The molecule has 0 aliphatic carbocycles. The van der Waals surface area contributed by atoms with E-state index in [2.05, 4.69) is 30.9 Å². The van der Waals surface area contributed by atoms with Gasteiger partial charge in [0.2, 0.25) is 11.7 Å². The van der Waals surface area contributed by atoms with Crippen molar-refractivity contribution in [1.29, 1.82) is 0 Å². The molecule has 0 aliphatic heterocycles. The van der Waals surface area contributed by atoms with Crippen LogP contribution in [0.15, 0.2) is 4.52 Å². The zero-order valence-corrected chi connectivity index (χ0v) is 13.2. The molecular formula is C14H27N3O2. The van der Waals surface area contributed by atoms with Gasteiger partial charge in [0.25, 0.3) is 0 Å². The van der Waals surface area contributed by atoms with E-state index in [9.17, 15) is 0 Å². The molecule has 0 saturated carbocycles. The quantitative estimate of drug-likeness (QED) is 0.908.